The maximum atomic E-state index is 12.3. The second-order valence-corrected chi connectivity index (χ2v) is 5.92. The smallest absolute Gasteiger partial charge is 0.313 e. The predicted molar refractivity (Wildman–Crippen MR) is 94.0 cm³/mol. The lowest BCUT2D eigenvalue weighted by Gasteiger charge is -2.13. The van der Waals surface area contributed by atoms with E-state index in [0.717, 1.165) is 11.1 Å². The minimum Gasteiger partial charge on any atom is -0.455 e. The fourth-order valence-electron chi connectivity index (χ4n) is 2.48. The second-order valence-electron chi connectivity index (χ2n) is 5.49. The van der Waals surface area contributed by atoms with E-state index in [2.05, 4.69) is 10.2 Å². The van der Waals surface area contributed by atoms with E-state index in [9.17, 15) is 4.79 Å². The van der Waals surface area contributed by atoms with Crippen molar-refractivity contribution < 1.29 is 13.9 Å². The van der Waals surface area contributed by atoms with Gasteiger partial charge in [-0.1, -0.05) is 48.9 Å². The highest BCUT2D eigenvalue weighted by molar-refractivity contribution is 6.30. The number of benzene rings is 2. The van der Waals surface area contributed by atoms with Crippen LogP contribution in [-0.2, 0) is 16.1 Å². The average molecular weight is 357 g/mol. The van der Waals surface area contributed by atoms with Crippen molar-refractivity contribution in [2.24, 2.45) is 0 Å². The van der Waals surface area contributed by atoms with Crippen molar-refractivity contribution in [1.82, 2.24) is 10.2 Å². The largest absolute Gasteiger partial charge is 0.455 e. The number of halogens is 1. The van der Waals surface area contributed by atoms with Crippen molar-refractivity contribution in [3.63, 3.8) is 0 Å². The summed E-state index contributed by atoms with van der Waals surface area (Å²) in [5.74, 6) is -0.00108. The van der Waals surface area contributed by atoms with E-state index in [1.165, 1.54) is 0 Å². The third kappa shape index (κ3) is 4.25. The molecule has 6 heteroatoms. The van der Waals surface area contributed by atoms with Gasteiger partial charge in [0.05, 0.1) is 5.92 Å². The van der Waals surface area contributed by atoms with Crippen LogP contribution >= 0.6 is 11.6 Å². The van der Waals surface area contributed by atoms with Crippen molar-refractivity contribution in [2.75, 3.05) is 0 Å². The summed E-state index contributed by atoms with van der Waals surface area (Å²) < 4.78 is 10.9. The highest BCUT2D eigenvalue weighted by Crippen LogP contribution is 2.23. The van der Waals surface area contributed by atoms with Crippen molar-refractivity contribution in [3.8, 4) is 11.5 Å². The number of hydrogen-bond acceptors (Lipinski definition) is 5. The molecular formula is C19H17ClN2O3. The number of hydrogen-bond donors (Lipinski definition) is 0. The van der Waals surface area contributed by atoms with Crippen LogP contribution in [0.1, 0.15) is 30.7 Å². The molecule has 0 bridgehead atoms. The summed E-state index contributed by atoms with van der Waals surface area (Å²) in [6, 6.07) is 16.6. The Morgan fingerprint density at radius 3 is 2.52 bits per heavy atom. The zero-order valence-corrected chi connectivity index (χ0v) is 14.4. The molecule has 0 N–H and O–H groups in total. The lowest BCUT2D eigenvalue weighted by atomic mass is 9.97. The Hall–Kier alpha value is -2.66. The molecule has 1 atom stereocenters. The molecular weight excluding hydrogens is 340 g/mol. The Balaban J connectivity index is 1.63. The lowest BCUT2D eigenvalue weighted by Crippen LogP contribution is -2.15. The second kappa shape index (κ2) is 7.94. The van der Waals surface area contributed by atoms with Crippen molar-refractivity contribution >= 4 is 17.6 Å². The van der Waals surface area contributed by atoms with Crippen LogP contribution in [0.25, 0.3) is 11.5 Å². The zero-order valence-electron chi connectivity index (χ0n) is 13.7. The summed E-state index contributed by atoms with van der Waals surface area (Å²) >= 11 is 5.86. The molecule has 0 saturated carbocycles. The molecule has 1 heterocycles. The van der Waals surface area contributed by atoms with Crippen molar-refractivity contribution in [3.05, 3.63) is 71.1 Å². The van der Waals surface area contributed by atoms with Gasteiger partial charge < -0.3 is 9.15 Å². The van der Waals surface area contributed by atoms with Crippen LogP contribution in [0.2, 0.25) is 5.02 Å². The first-order valence-electron chi connectivity index (χ1n) is 7.97. The van der Waals surface area contributed by atoms with E-state index in [-0.39, 0.29) is 24.4 Å². The quantitative estimate of drug-likeness (QED) is 0.602. The number of ether oxygens (including phenoxy) is 1. The number of carbonyl (C=O) groups excluding carboxylic acids is 1. The van der Waals surface area contributed by atoms with Gasteiger partial charge in [0.25, 0.3) is 5.89 Å². The summed E-state index contributed by atoms with van der Waals surface area (Å²) in [4.78, 5) is 12.3. The minimum atomic E-state index is -0.306. The molecule has 0 amide bonds. The van der Waals surface area contributed by atoms with Crippen LogP contribution in [0.4, 0.5) is 0 Å². The summed E-state index contributed by atoms with van der Waals surface area (Å²) in [5, 5.41) is 8.51. The first-order valence-corrected chi connectivity index (χ1v) is 8.35. The molecule has 1 aromatic heterocycles. The normalized spacial score (nSPS) is 11.9. The summed E-state index contributed by atoms with van der Waals surface area (Å²) in [7, 11) is 0. The molecule has 0 saturated heterocycles. The van der Waals surface area contributed by atoms with Crippen LogP contribution in [-0.4, -0.2) is 16.2 Å². The Labute approximate surface area is 150 Å². The van der Waals surface area contributed by atoms with Crippen LogP contribution in [0, 0.1) is 0 Å². The molecule has 3 rings (SSSR count). The number of esters is 1. The van der Waals surface area contributed by atoms with Crippen LogP contribution in [0.3, 0.4) is 0 Å². The maximum absolute atomic E-state index is 12.3. The zero-order chi connectivity index (χ0) is 17.6. The Morgan fingerprint density at radius 2 is 1.84 bits per heavy atom. The Kier molecular flexibility index (Phi) is 5.46. The van der Waals surface area contributed by atoms with Gasteiger partial charge in [-0.05, 0) is 36.2 Å². The standard InChI is InChI=1S/C19H17ClN2O3/c1-2-16(13-6-4-3-5-7-13)19(23)24-12-17-21-22-18(25-17)14-8-10-15(20)11-9-14/h3-11,16H,2,12H2,1H3. The third-order valence-corrected chi connectivity index (χ3v) is 4.04. The number of nitrogens with zero attached hydrogens (tertiary/aromatic N) is 2. The summed E-state index contributed by atoms with van der Waals surface area (Å²) in [6.07, 6.45) is 0.655. The van der Waals surface area contributed by atoms with Gasteiger partial charge in [-0.15, -0.1) is 10.2 Å². The van der Waals surface area contributed by atoms with Gasteiger partial charge in [0, 0.05) is 10.6 Å². The van der Waals surface area contributed by atoms with Crippen molar-refractivity contribution in [1.29, 1.82) is 0 Å². The first-order chi connectivity index (χ1) is 12.2. The molecule has 5 nitrogen and oxygen atoms in total. The first kappa shape index (κ1) is 17.2. The number of carbonyl (C=O) groups is 1. The molecule has 0 radical (unpaired) electrons. The SMILES string of the molecule is CCC(C(=O)OCc1nnc(-c2ccc(Cl)cc2)o1)c1ccccc1. The van der Waals surface area contributed by atoms with E-state index in [0.29, 0.717) is 17.3 Å². The fraction of sp³-hybridized carbons (Fsp3) is 0.211. The topological polar surface area (TPSA) is 65.2 Å². The molecule has 0 fully saturated rings. The molecule has 25 heavy (non-hydrogen) atoms. The molecule has 0 spiro atoms. The average Bonchev–Trinajstić information content (AvgIpc) is 3.11. The highest BCUT2D eigenvalue weighted by atomic mass is 35.5. The third-order valence-electron chi connectivity index (χ3n) is 3.79. The van der Waals surface area contributed by atoms with Crippen LogP contribution in [0.5, 0.6) is 0 Å². The molecule has 0 aliphatic rings. The maximum Gasteiger partial charge on any atom is 0.313 e. The van der Waals surface area contributed by atoms with E-state index in [4.69, 9.17) is 20.8 Å². The molecule has 3 aromatic rings. The van der Waals surface area contributed by atoms with E-state index in [1.54, 1.807) is 24.3 Å². The van der Waals surface area contributed by atoms with Gasteiger partial charge in [-0.2, -0.15) is 0 Å². The summed E-state index contributed by atoms with van der Waals surface area (Å²) in [5.41, 5.74) is 1.69. The van der Waals surface area contributed by atoms with Gasteiger partial charge in [0.1, 0.15) is 0 Å². The Bertz CT molecular complexity index is 831. The lowest BCUT2D eigenvalue weighted by molar-refractivity contribution is -0.147. The molecule has 0 aliphatic carbocycles. The van der Waals surface area contributed by atoms with Gasteiger partial charge in [-0.25, -0.2) is 0 Å². The van der Waals surface area contributed by atoms with Crippen molar-refractivity contribution in [2.45, 2.75) is 25.9 Å². The summed E-state index contributed by atoms with van der Waals surface area (Å²) in [6.45, 7) is 1.90. The molecule has 128 valence electrons. The van der Waals surface area contributed by atoms with E-state index >= 15 is 0 Å². The Morgan fingerprint density at radius 1 is 1.12 bits per heavy atom. The fourth-order valence-corrected chi connectivity index (χ4v) is 2.60. The number of aromatic nitrogens is 2. The molecule has 2 aromatic carbocycles. The van der Waals surface area contributed by atoms with Gasteiger partial charge in [-0.3, -0.25) is 4.79 Å². The van der Waals surface area contributed by atoms with E-state index in [1.807, 2.05) is 37.3 Å². The minimum absolute atomic E-state index is 0.0528. The molecule has 1 unspecified atom stereocenters. The van der Waals surface area contributed by atoms with Gasteiger partial charge >= 0.3 is 5.97 Å². The van der Waals surface area contributed by atoms with Gasteiger partial charge in [0.2, 0.25) is 5.89 Å². The predicted octanol–water partition coefficient (Wildman–Crippen LogP) is 4.63. The van der Waals surface area contributed by atoms with Crippen LogP contribution in [0.15, 0.2) is 59.0 Å². The highest BCUT2D eigenvalue weighted by Gasteiger charge is 2.21. The molecule has 0 aliphatic heterocycles. The van der Waals surface area contributed by atoms with E-state index < -0.39 is 0 Å². The monoisotopic (exact) mass is 356 g/mol. The van der Waals surface area contributed by atoms with Crippen LogP contribution < -0.4 is 0 Å². The van der Waals surface area contributed by atoms with Gasteiger partial charge in [0.15, 0.2) is 6.61 Å². The number of rotatable bonds is 6.